The Bertz CT molecular complexity index is 1450. The molecule has 0 aromatic heterocycles. The molecule has 0 aliphatic rings. The van der Waals surface area contributed by atoms with Gasteiger partial charge in [0.1, 0.15) is 0 Å². The summed E-state index contributed by atoms with van der Waals surface area (Å²) in [5.41, 5.74) is 0. The molecule has 546 valence electrons. The molecule has 0 aromatic carbocycles. The van der Waals surface area contributed by atoms with Gasteiger partial charge in [0.05, 0.1) is 25.4 Å². The second kappa shape index (κ2) is 81.8. The van der Waals surface area contributed by atoms with E-state index < -0.39 is 12.1 Å². The van der Waals surface area contributed by atoms with Gasteiger partial charge >= 0.3 is 5.97 Å². The molecule has 0 saturated heterocycles. The minimum absolute atomic E-state index is 0.0163. The molecule has 92 heavy (non-hydrogen) atoms. The lowest BCUT2D eigenvalue weighted by Gasteiger charge is -2.20. The Labute approximate surface area is 577 Å². The molecule has 0 spiro atoms. The van der Waals surface area contributed by atoms with E-state index in [0.717, 1.165) is 44.9 Å². The monoisotopic (exact) mass is 1290 g/mol. The first-order valence-electron chi connectivity index (χ1n) is 42.6. The first-order valence-corrected chi connectivity index (χ1v) is 42.6. The predicted molar refractivity (Wildman–Crippen MR) is 407 cm³/mol. The number of allylic oxidation sites excluding steroid dienone is 3. The van der Waals surface area contributed by atoms with Gasteiger partial charge in [0.2, 0.25) is 5.91 Å². The first kappa shape index (κ1) is 90.3. The summed E-state index contributed by atoms with van der Waals surface area (Å²) in [6.45, 7) is 4.96. The van der Waals surface area contributed by atoms with Crippen molar-refractivity contribution in [3.8, 4) is 0 Å². The molecule has 0 aliphatic carbocycles. The average Bonchev–Trinajstić information content (AvgIpc) is 3.62. The van der Waals surface area contributed by atoms with Gasteiger partial charge in [-0.15, -0.1) is 0 Å². The second-order valence-electron chi connectivity index (χ2n) is 29.5. The number of hydrogen-bond donors (Lipinski definition) is 3. The van der Waals surface area contributed by atoms with Gasteiger partial charge in [-0.05, 0) is 57.8 Å². The number of rotatable bonds is 81. The SMILES string of the molecule is CCCCCCCC/C=C\CCCCCCCC(=O)OCCCCCCCCCCCCCCCCCCCCCCCCCCCCCCCCCCCCCCCC(=O)NC(CO)C(O)/C=C/CCCCCCCCCCCCCCCCCCCCCCC. The summed E-state index contributed by atoms with van der Waals surface area (Å²) >= 11 is 0. The Morgan fingerprint density at radius 1 is 0.293 bits per heavy atom. The zero-order valence-corrected chi connectivity index (χ0v) is 62.8. The third-order valence-electron chi connectivity index (χ3n) is 20.2. The van der Waals surface area contributed by atoms with E-state index in [9.17, 15) is 19.8 Å². The molecular weight excluding hydrogens is 1130 g/mol. The summed E-state index contributed by atoms with van der Waals surface area (Å²) in [5, 5.41) is 23.3. The Morgan fingerprint density at radius 2 is 0.511 bits per heavy atom. The molecule has 0 aromatic rings. The second-order valence-corrected chi connectivity index (χ2v) is 29.5. The molecule has 2 atom stereocenters. The van der Waals surface area contributed by atoms with Crippen molar-refractivity contribution >= 4 is 11.9 Å². The largest absolute Gasteiger partial charge is 0.466 e. The van der Waals surface area contributed by atoms with E-state index in [-0.39, 0.29) is 18.5 Å². The summed E-state index contributed by atoms with van der Waals surface area (Å²) in [6.07, 6.45) is 106. The molecule has 6 heteroatoms. The van der Waals surface area contributed by atoms with Gasteiger partial charge in [0.15, 0.2) is 0 Å². The van der Waals surface area contributed by atoms with Crippen LogP contribution in [0.1, 0.15) is 489 Å². The highest BCUT2D eigenvalue weighted by atomic mass is 16.5. The highest BCUT2D eigenvalue weighted by molar-refractivity contribution is 5.76. The Morgan fingerprint density at radius 3 is 0.772 bits per heavy atom. The molecule has 2 unspecified atom stereocenters. The van der Waals surface area contributed by atoms with Crippen molar-refractivity contribution in [1.29, 1.82) is 0 Å². The van der Waals surface area contributed by atoms with Crippen LogP contribution < -0.4 is 5.32 Å². The van der Waals surface area contributed by atoms with Crippen LogP contribution in [0.4, 0.5) is 0 Å². The number of amides is 1. The Balaban J connectivity index is 3.32. The quantitative estimate of drug-likeness (QED) is 0.0320. The molecule has 3 N–H and O–H groups in total. The maximum absolute atomic E-state index is 12.6. The molecule has 0 fully saturated rings. The molecule has 0 bridgehead atoms. The van der Waals surface area contributed by atoms with Crippen molar-refractivity contribution in [2.24, 2.45) is 0 Å². The molecule has 0 aliphatic heterocycles. The van der Waals surface area contributed by atoms with E-state index >= 15 is 0 Å². The number of carbonyl (C=O) groups excluding carboxylic acids is 2. The fourth-order valence-corrected chi connectivity index (χ4v) is 13.8. The number of ether oxygens (including phenoxy) is 1. The number of aliphatic hydroxyl groups excluding tert-OH is 2. The van der Waals surface area contributed by atoms with E-state index in [1.165, 1.54) is 417 Å². The van der Waals surface area contributed by atoms with Crippen LogP contribution in [0.25, 0.3) is 0 Å². The summed E-state index contributed by atoms with van der Waals surface area (Å²) < 4.78 is 5.50. The first-order chi connectivity index (χ1) is 45.5. The van der Waals surface area contributed by atoms with E-state index in [4.69, 9.17) is 4.74 Å². The highest BCUT2D eigenvalue weighted by Crippen LogP contribution is 2.21. The van der Waals surface area contributed by atoms with Crippen LogP contribution >= 0.6 is 0 Å². The molecule has 0 heterocycles. The maximum atomic E-state index is 12.6. The number of esters is 1. The lowest BCUT2D eigenvalue weighted by atomic mass is 10.0. The summed E-state index contributed by atoms with van der Waals surface area (Å²) in [5.74, 6) is -0.0403. The molecule has 6 nitrogen and oxygen atoms in total. The van der Waals surface area contributed by atoms with E-state index in [2.05, 4.69) is 31.3 Å². The van der Waals surface area contributed by atoms with Crippen LogP contribution in [-0.2, 0) is 14.3 Å². The average molecular weight is 1300 g/mol. The molecule has 0 rings (SSSR count). The lowest BCUT2D eigenvalue weighted by molar-refractivity contribution is -0.143. The van der Waals surface area contributed by atoms with Gasteiger partial charge in [-0.2, -0.15) is 0 Å². The van der Waals surface area contributed by atoms with Gasteiger partial charge in [-0.3, -0.25) is 9.59 Å². The van der Waals surface area contributed by atoms with Crippen molar-refractivity contribution in [3.05, 3.63) is 24.3 Å². The normalized spacial score (nSPS) is 12.5. The highest BCUT2D eigenvalue weighted by Gasteiger charge is 2.18. The van der Waals surface area contributed by atoms with Crippen molar-refractivity contribution < 1.29 is 24.5 Å². The Hall–Kier alpha value is -1.66. The third kappa shape index (κ3) is 77.3. The van der Waals surface area contributed by atoms with Crippen molar-refractivity contribution in [2.45, 2.75) is 501 Å². The zero-order chi connectivity index (χ0) is 66.3. The van der Waals surface area contributed by atoms with Gasteiger partial charge < -0.3 is 20.3 Å². The third-order valence-corrected chi connectivity index (χ3v) is 20.2. The zero-order valence-electron chi connectivity index (χ0n) is 62.8. The minimum Gasteiger partial charge on any atom is -0.466 e. The number of hydrogen-bond acceptors (Lipinski definition) is 5. The summed E-state index contributed by atoms with van der Waals surface area (Å²) in [4.78, 5) is 24.7. The summed E-state index contributed by atoms with van der Waals surface area (Å²) in [7, 11) is 0. The maximum Gasteiger partial charge on any atom is 0.305 e. The minimum atomic E-state index is -0.842. The van der Waals surface area contributed by atoms with E-state index in [0.29, 0.717) is 19.4 Å². The van der Waals surface area contributed by atoms with Crippen LogP contribution in [0.5, 0.6) is 0 Å². The van der Waals surface area contributed by atoms with Gasteiger partial charge in [0, 0.05) is 12.8 Å². The summed E-state index contributed by atoms with van der Waals surface area (Å²) in [6, 6.07) is -0.625. The van der Waals surface area contributed by atoms with Crippen LogP contribution in [-0.4, -0.2) is 47.4 Å². The molecular formula is C86H167NO5. The predicted octanol–water partition coefficient (Wildman–Crippen LogP) is 28.4. The topological polar surface area (TPSA) is 95.9 Å². The number of aliphatic hydroxyl groups is 2. The van der Waals surface area contributed by atoms with Gasteiger partial charge in [-0.1, -0.05) is 443 Å². The fraction of sp³-hybridized carbons (Fsp3) is 0.930. The van der Waals surface area contributed by atoms with Crippen molar-refractivity contribution in [1.82, 2.24) is 5.32 Å². The number of carbonyl (C=O) groups is 2. The van der Waals surface area contributed by atoms with Crippen molar-refractivity contribution in [3.63, 3.8) is 0 Å². The fourth-order valence-electron chi connectivity index (χ4n) is 13.8. The van der Waals surface area contributed by atoms with Crippen LogP contribution in [0.2, 0.25) is 0 Å². The van der Waals surface area contributed by atoms with E-state index in [1.807, 2.05) is 6.08 Å². The number of nitrogens with one attached hydrogen (secondary N) is 1. The molecule has 0 radical (unpaired) electrons. The van der Waals surface area contributed by atoms with E-state index in [1.54, 1.807) is 6.08 Å². The van der Waals surface area contributed by atoms with Crippen LogP contribution in [0.3, 0.4) is 0 Å². The number of unbranched alkanes of at least 4 members (excludes halogenated alkanes) is 68. The standard InChI is InChI=1S/C86H167NO5/c1-3-5-7-9-11-13-15-17-19-20-21-22-38-41-44-47-51-54-58-62-66-70-74-78-84(89)83(82-88)87-85(90)79-75-71-67-63-59-55-52-48-45-42-39-36-34-32-30-28-26-24-23-25-27-29-31-33-35-37-40-43-46-49-53-57-61-65-69-73-77-81-92-86(91)80-76-72-68-64-60-56-50-18-16-14-12-10-8-6-4-2/h18,50,74,78,83-84,88-89H,3-17,19-49,51-73,75-77,79-82H2,1-2H3,(H,87,90)/b50-18-,78-74+. The lowest BCUT2D eigenvalue weighted by Crippen LogP contribution is -2.45. The van der Waals surface area contributed by atoms with Crippen LogP contribution in [0, 0.1) is 0 Å². The van der Waals surface area contributed by atoms with Gasteiger partial charge in [-0.25, -0.2) is 0 Å². The van der Waals surface area contributed by atoms with Crippen LogP contribution in [0.15, 0.2) is 24.3 Å². The van der Waals surface area contributed by atoms with Gasteiger partial charge in [0.25, 0.3) is 0 Å². The molecule has 0 saturated carbocycles. The molecule has 1 amide bonds. The van der Waals surface area contributed by atoms with Crippen molar-refractivity contribution in [2.75, 3.05) is 13.2 Å². The Kier molecular flexibility index (Phi) is 80.3. The smallest absolute Gasteiger partial charge is 0.305 e.